The minimum Gasteiger partial charge on any atom is -0.487 e. The molecule has 0 amide bonds. The fourth-order valence-electron chi connectivity index (χ4n) is 3.65. The zero-order valence-electron chi connectivity index (χ0n) is 17.0. The third-order valence-electron chi connectivity index (χ3n) is 5.29. The van der Waals surface area contributed by atoms with Gasteiger partial charge in [0.2, 0.25) is 0 Å². The van der Waals surface area contributed by atoms with E-state index in [0.29, 0.717) is 17.3 Å². The number of ether oxygens (including phenoxy) is 1. The van der Waals surface area contributed by atoms with Crippen molar-refractivity contribution in [2.45, 2.75) is 13.2 Å². The summed E-state index contributed by atoms with van der Waals surface area (Å²) in [5, 5.41) is 11.7. The van der Waals surface area contributed by atoms with E-state index in [9.17, 15) is 10.1 Å². The number of hydrogen-bond donors (Lipinski definition) is 0. The molecule has 4 rings (SSSR count). The lowest BCUT2D eigenvalue weighted by Crippen LogP contribution is -2.46. The molecule has 1 saturated heterocycles. The Morgan fingerprint density at radius 1 is 1.03 bits per heavy atom. The minimum atomic E-state index is -0.370. The summed E-state index contributed by atoms with van der Waals surface area (Å²) >= 11 is 5.93. The summed E-state index contributed by atoms with van der Waals surface area (Å²) < 4.78 is 5.79. The highest BCUT2D eigenvalue weighted by Crippen LogP contribution is 2.31. The largest absolute Gasteiger partial charge is 0.487 e. The standard InChI is InChI=1S/C23H23ClN4O3/c24-19-6-9-22(23(15-19)28(29)30)27-13-11-26(12-14-27)16-18-4-7-21(8-5-18)31-17-20-3-1-2-10-25-20/h1-10,15H,11-14,16-17H2. The summed E-state index contributed by atoms with van der Waals surface area (Å²) in [6.45, 7) is 4.40. The van der Waals surface area contributed by atoms with Crippen LogP contribution in [0.1, 0.15) is 11.3 Å². The van der Waals surface area contributed by atoms with Crippen molar-refractivity contribution in [3.8, 4) is 5.75 Å². The normalized spacial score (nSPS) is 14.4. The van der Waals surface area contributed by atoms with Crippen LogP contribution in [0.3, 0.4) is 0 Å². The molecule has 0 radical (unpaired) electrons. The minimum absolute atomic E-state index is 0.0576. The molecule has 0 spiro atoms. The number of benzene rings is 2. The molecule has 0 bridgehead atoms. The van der Waals surface area contributed by atoms with Crippen LogP contribution in [-0.4, -0.2) is 41.0 Å². The van der Waals surface area contributed by atoms with Gasteiger partial charge in [-0.2, -0.15) is 0 Å². The van der Waals surface area contributed by atoms with Gasteiger partial charge in [-0.25, -0.2) is 0 Å². The number of nitro groups is 1. The Morgan fingerprint density at radius 3 is 2.48 bits per heavy atom. The van der Waals surface area contributed by atoms with Crippen molar-refractivity contribution in [2.75, 3.05) is 31.1 Å². The Morgan fingerprint density at radius 2 is 1.81 bits per heavy atom. The van der Waals surface area contributed by atoms with E-state index in [0.717, 1.165) is 44.2 Å². The van der Waals surface area contributed by atoms with E-state index in [1.807, 2.05) is 30.3 Å². The molecule has 8 heteroatoms. The Balaban J connectivity index is 1.30. The first-order chi connectivity index (χ1) is 15.1. The smallest absolute Gasteiger partial charge is 0.294 e. The molecule has 160 valence electrons. The molecule has 0 atom stereocenters. The van der Waals surface area contributed by atoms with Crippen molar-refractivity contribution in [1.29, 1.82) is 0 Å². The highest BCUT2D eigenvalue weighted by Gasteiger charge is 2.24. The first-order valence-electron chi connectivity index (χ1n) is 10.1. The molecular weight excluding hydrogens is 416 g/mol. The lowest BCUT2D eigenvalue weighted by atomic mass is 10.1. The van der Waals surface area contributed by atoms with E-state index in [2.05, 4.69) is 26.9 Å². The van der Waals surface area contributed by atoms with Gasteiger partial charge in [-0.3, -0.25) is 20.0 Å². The fraction of sp³-hybridized carbons (Fsp3) is 0.261. The number of rotatable bonds is 7. The Labute approximate surface area is 186 Å². The summed E-state index contributed by atoms with van der Waals surface area (Å²) in [4.78, 5) is 19.7. The van der Waals surface area contributed by atoms with E-state index >= 15 is 0 Å². The van der Waals surface area contributed by atoms with Gasteiger partial charge in [0.1, 0.15) is 18.0 Å². The van der Waals surface area contributed by atoms with Crippen molar-refractivity contribution in [3.63, 3.8) is 0 Å². The van der Waals surface area contributed by atoms with Crippen LogP contribution in [0, 0.1) is 10.1 Å². The number of anilines is 1. The van der Waals surface area contributed by atoms with E-state index in [1.165, 1.54) is 11.6 Å². The number of aromatic nitrogens is 1. The van der Waals surface area contributed by atoms with E-state index < -0.39 is 0 Å². The van der Waals surface area contributed by atoms with Crippen molar-refractivity contribution in [2.24, 2.45) is 0 Å². The van der Waals surface area contributed by atoms with E-state index in [4.69, 9.17) is 16.3 Å². The number of piperazine rings is 1. The second-order valence-corrected chi connectivity index (χ2v) is 7.84. The van der Waals surface area contributed by atoms with E-state index in [1.54, 1.807) is 18.3 Å². The van der Waals surface area contributed by atoms with Crippen LogP contribution in [0.15, 0.2) is 66.9 Å². The highest BCUT2D eigenvalue weighted by molar-refractivity contribution is 6.30. The summed E-state index contributed by atoms with van der Waals surface area (Å²) in [6, 6.07) is 18.7. The molecule has 1 aliphatic rings. The van der Waals surface area contributed by atoms with Gasteiger partial charge < -0.3 is 9.64 Å². The number of nitro benzene ring substituents is 1. The van der Waals surface area contributed by atoms with E-state index in [-0.39, 0.29) is 10.6 Å². The molecule has 2 heterocycles. The van der Waals surface area contributed by atoms with Crippen molar-refractivity contribution in [3.05, 3.63) is 93.3 Å². The topological polar surface area (TPSA) is 71.7 Å². The van der Waals surface area contributed by atoms with Crippen LogP contribution in [-0.2, 0) is 13.2 Å². The molecular formula is C23H23ClN4O3. The van der Waals surface area contributed by atoms with Gasteiger partial charge in [-0.1, -0.05) is 29.8 Å². The van der Waals surface area contributed by atoms with Crippen molar-refractivity contribution >= 4 is 23.0 Å². The lowest BCUT2D eigenvalue weighted by Gasteiger charge is -2.35. The van der Waals surface area contributed by atoms with Crippen molar-refractivity contribution in [1.82, 2.24) is 9.88 Å². The Bertz CT molecular complexity index is 1020. The van der Waals surface area contributed by atoms with Crippen LogP contribution in [0.25, 0.3) is 0 Å². The second-order valence-electron chi connectivity index (χ2n) is 7.41. The van der Waals surface area contributed by atoms with Crippen LogP contribution < -0.4 is 9.64 Å². The Hall–Kier alpha value is -3.16. The molecule has 1 fully saturated rings. The molecule has 0 N–H and O–H groups in total. The van der Waals surface area contributed by atoms with Gasteiger partial charge in [0.25, 0.3) is 5.69 Å². The SMILES string of the molecule is O=[N+]([O-])c1cc(Cl)ccc1N1CCN(Cc2ccc(OCc3ccccn3)cc2)CC1. The summed E-state index contributed by atoms with van der Waals surface area (Å²) in [6.07, 6.45) is 1.76. The lowest BCUT2D eigenvalue weighted by molar-refractivity contribution is -0.384. The molecule has 0 aliphatic carbocycles. The van der Waals surface area contributed by atoms with Crippen LogP contribution in [0.4, 0.5) is 11.4 Å². The Kier molecular flexibility index (Phi) is 6.64. The maximum atomic E-state index is 11.4. The second kappa shape index (κ2) is 9.76. The van der Waals surface area contributed by atoms with Gasteiger partial charge in [-0.05, 0) is 42.0 Å². The molecule has 0 saturated carbocycles. The molecule has 0 unspecified atom stereocenters. The van der Waals surface area contributed by atoms with Crippen LogP contribution >= 0.6 is 11.6 Å². The highest BCUT2D eigenvalue weighted by atomic mass is 35.5. The number of pyridine rings is 1. The molecule has 1 aromatic heterocycles. The number of nitrogens with zero attached hydrogens (tertiary/aromatic N) is 4. The van der Waals surface area contributed by atoms with Gasteiger partial charge >= 0.3 is 0 Å². The number of halogens is 1. The monoisotopic (exact) mass is 438 g/mol. The van der Waals surface area contributed by atoms with Crippen molar-refractivity contribution < 1.29 is 9.66 Å². The van der Waals surface area contributed by atoms with Crippen LogP contribution in [0.5, 0.6) is 5.75 Å². The zero-order chi connectivity index (χ0) is 21.6. The molecule has 1 aliphatic heterocycles. The fourth-order valence-corrected chi connectivity index (χ4v) is 3.81. The molecule has 7 nitrogen and oxygen atoms in total. The molecule has 2 aromatic carbocycles. The van der Waals surface area contributed by atoms with Gasteiger partial charge in [-0.15, -0.1) is 0 Å². The summed E-state index contributed by atoms with van der Waals surface area (Å²) in [7, 11) is 0. The molecule has 3 aromatic rings. The molecule has 31 heavy (non-hydrogen) atoms. The quantitative estimate of drug-likeness (QED) is 0.398. The maximum absolute atomic E-state index is 11.4. The predicted molar refractivity (Wildman–Crippen MR) is 121 cm³/mol. The third kappa shape index (κ3) is 5.51. The van der Waals surface area contributed by atoms with Gasteiger partial charge in [0, 0.05) is 50.0 Å². The van der Waals surface area contributed by atoms with Gasteiger partial charge in [0.05, 0.1) is 10.6 Å². The number of hydrogen-bond acceptors (Lipinski definition) is 6. The first-order valence-corrected chi connectivity index (χ1v) is 10.5. The van der Waals surface area contributed by atoms with Crippen LogP contribution in [0.2, 0.25) is 5.02 Å². The summed E-state index contributed by atoms with van der Waals surface area (Å²) in [5.41, 5.74) is 2.78. The third-order valence-corrected chi connectivity index (χ3v) is 5.52. The first kappa shape index (κ1) is 21.1. The maximum Gasteiger partial charge on any atom is 0.294 e. The average Bonchev–Trinajstić information content (AvgIpc) is 2.80. The predicted octanol–water partition coefficient (Wildman–Crippen LogP) is 4.54. The zero-order valence-corrected chi connectivity index (χ0v) is 17.7. The van der Waals surface area contributed by atoms with Gasteiger partial charge in [0.15, 0.2) is 0 Å². The average molecular weight is 439 g/mol. The summed E-state index contributed by atoms with van der Waals surface area (Å²) in [5.74, 6) is 0.814.